The highest BCUT2D eigenvalue weighted by Crippen LogP contribution is 2.33. The van der Waals surface area contributed by atoms with Crippen LogP contribution < -0.4 is 4.90 Å². The Kier molecular flexibility index (Phi) is 3.95. The molecule has 1 heterocycles. The molecule has 1 aromatic carbocycles. The zero-order chi connectivity index (χ0) is 14.8. The third-order valence-electron chi connectivity index (χ3n) is 4.64. The van der Waals surface area contributed by atoms with E-state index in [2.05, 4.69) is 0 Å². The van der Waals surface area contributed by atoms with Crippen LogP contribution in [0.4, 0.5) is 5.69 Å². The Morgan fingerprint density at radius 3 is 2.76 bits per heavy atom. The lowest BCUT2D eigenvalue weighted by molar-refractivity contribution is -0.119. The summed E-state index contributed by atoms with van der Waals surface area (Å²) in [4.78, 5) is 25.9. The van der Waals surface area contributed by atoms with Crippen LogP contribution >= 0.6 is 0 Å². The highest BCUT2D eigenvalue weighted by Gasteiger charge is 2.28. The molecule has 0 saturated heterocycles. The van der Waals surface area contributed by atoms with Crippen molar-refractivity contribution in [3.05, 3.63) is 29.3 Å². The lowest BCUT2D eigenvalue weighted by Gasteiger charge is -2.19. The minimum atomic E-state index is -0.325. The van der Waals surface area contributed by atoms with Crippen molar-refractivity contribution in [1.82, 2.24) is 0 Å². The van der Waals surface area contributed by atoms with Crippen molar-refractivity contribution in [3.8, 4) is 0 Å². The van der Waals surface area contributed by atoms with Crippen molar-refractivity contribution in [2.45, 2.75) is 38.5 Å². The molecule has 0 bridgehead atoms. The van der Waals surface area contributed by atoms with Crippen LogP contribution in [-0.4, -0.2) is 25.5 Å². The van der Waals surface area contributed by atoms with E-state index in [1.54, 1.807) is 6.07 Å². The number of hydrogen-bond acceptors (Lipinski definition) is 3. The van der Waals surface area contributed by atoms with Crippen LogP contribution in [0.2, 0.25) is 0 Å². The van der Waals surface area contributed by atoms with Gasteiger partial charge < -0.3 is 9.64 Å². The molecule has 0 radical (unpaired) electrons. The summed E-state index contributed by atoms with van der Waals surface area (Å²) in [6.07, 6.45) is 6.38. The minimum Gasteiger partial charge on any atom is -0.465 e. The molecule has 3 rings (SSSR count). The van der Waals surface area contributed by atoms with E-state index in [0.29, 0.717) is 17.9 Å². The molecule has 0 aromatic heterocycles. The average molecular weight is 287 g/mol. The van der Waals surface area contributed by atoms with Crippen LogP contribution in [-0.2, 0) is 16.0 Å². The predicted octanol–water partition coefficient (Wildman–Crippen LogP) is 2.94. The smallest absolute Gasteiger partial charge is 0.337 e. The number of anilines is 1. The molecule has 21 heavy (non-hydrogen) atoms. The molecule has 0 N–H and O–H groups in total. The van der Waals surface area contributed by atoms with Crippen molar-refractivity contribution in [1.29, 1.82) is 0 Å². The molecule has 4 heteroatoms. The van der Waals surface area contributed by atoms with Gasteiger partial charge in [-0.15, -0.1) is 0 Å². The number of amides is 1. The number of methoxy groups -OCH3 is 1. The fourth-order valence-corrected chi connectivity index (χ4v) is 3.48. The van der Waals surface area contributed by atoms with E-state index < -0.39 is 0 Å². The highest BCUT2D eigenvalue weighted by molar-refractivity contribution is 5.97. The fourth-order valence-electron chi connectivity index (χ4n) is 3.48. The molecule has 0 atom stereocenters. The van der Waals surface area contributed by atoms with Crippen molar-refractivity contribution in [2.24, 2.45) is 5.92 Å². The van der Waals surface area contributed by atoms with Crippen LogP contribution in [0.5, 0.6) is 0 Å². The third kappa shape index (κ3) is 2.80. The zero-order valence-electron chi connectivity index (χ0n) is 12.4. The van der Waals surface area contributed by atoms with Crippen LogP contribution in [0, 0.1) is 5.92 Å². The molecular formula is C17H21NO3. The lowest BCUT2D eigenvalue weighted by Crippen LogP contribution is -2.30. The molecule has 0 spiro atoms. The number of rotatable bonds is 3. The van der Waals surface area contributed by atoms with Crippen molar-refractivity contribution in [2.75, 3.05) is 18.6 Å². The molecule has 1 aliphatic heterocycles. The van der Waals surface area contributed by atoms with Crippen molar-refractivity contribution < 1.29 is 14.3 Å². The number of benzene rings is 1. The topological polar surface area (TPSA) is 46.6 Å². The lowest BCUT2D eigenvalue weighted by atomic mass is 10.0. The summed E-state index contributed by atoms with van der Waals surface area (Å²) in [6, 6.07) is 5.47. The molecule has 112 valence electrons. The Morgan fingerprint density at radius 1 is 1.29 bits per heavy atom. The number of esters is 1. The number of ether oxygens (including phenoxy) is 1. The quantitative estimate of drug-likeness (QED) is 0.803. The first-order valence-corrected chi connectivity index (χ1v) is 7.70. The second-order valence-electron chi connectivity index (χ2n) is 5.99. The van der Waals surface area contributed by atoms with Crippen LogP contribution in [0.25, 0.3) is 0 Å². The van der Waals surface area contributed by atoms with E-state index in [0.717, 1.165) is 24.2 Å². The van der Waals surface area contributed by atoms with Crippen LogP contribution in [0.15, 0.2) is 18.2 Å². The summed E-state index contributed by atoms with van der Waals surface area (Å²) in [6.45, 7) is 0.728. The fraction of sp³-hybridized carbons (Fsp3) is 0.529. The summed E-state index contributed by atoms with van der Waals surface area (Å²) in [5, 5.41) is 0. The van der Waals surface area contributed by atoms with Gasteiger partial charge in [0.2, 0.25) is 5.91 Å². The Labute approximate surface area is 125 Å². The molecule has 0 unspecified atom stereocenters. The van der Waals surface area contributed by atoms with E-state index in [1.165, 1.54) is 32.8 Å². The largest absolute Gasteiger partial charge is 0.465 e. The molecule has 1 amide bonds. The Bertz CT molecular complexity index is 561. The van der Waals surface area contributed by atoms with Gasteiger partial charge in [-0.3, -0.25) is 4.79 Å². The molecule has 1 fully saturated rings. The van der Waals surface area contributed by atoms with Gasteiger partial charge in [0.1, 0.15) is 0 Å². The Balaban J connectivity index is 1.74. The van der Waals surface area contributed by atoms with Gasteiger partial charge in [0.05, 0.1) is 12.7 Å². The summed E-state index contributed by atoms with van der Waals surface area (Å²) < 4.78 is 4.74. The molecule has 1 saturated carbocycles. The molecule has 1 aromatic rings. The van der Waals surface area contributed by atoms with Gasteiger partial charge in [0, 0.05) is 18.7 Å². The Hall–Kier alpha value is -1.84. The number of carbonyl (C=O) groups is 2. The van der Waals surface area contributed by atoms with Gasteiger partial charge in [0.15, 0.2) is 0 Å². The van der Waals surface area contributed by atoms with Gasteiger partial charge in [-0.25, -0.2) is 4.79 Å². The number of nitrogens with zero attached hydrogens (tertiary/aromatic N) is 1. The molecule has 2 aliphatic rings. The normalized spacial score (nSPS) is 17.9. The van der Waals surface area contributed by atoms with E-state index >= 15 is 0 Å². The molecular weight excluding hydrogens is 266 g/mol. The van der Waals surface area contributed by atoms with Gasteiger partial charge in [0.25, 0.3) is 0 Å². The maximum absolute atomic E-state index is 12.5. The van der Waals surface area contributed by atoms with E-state index in [1.807, 2.05) is 17.0 Å². The van der Waals surface area contributed by atoms with Crippen LogP contribution in [0.3, 0.4) is 0 Å². The summed E-state index contributed by atoms with van der Waals surface area (Å²) in [7, 11) is 1.38. The average Bonchev–Trinajstić information content (AvgIpc) is 3.14. The van der Waals surface area contributed by atoms with E-state index in [-0.39, 0.29) is 11.9 Å². The summed E-state index contributed by atoms with van der Waals surface area (Å²) in [5.74, 6) is 0.468. The standard InChI is InChI=1S/C17H21NO3/c1-21-17(20)14-6-7-15-13(11-14)8-9-18(15)16(19)10-12-4-2-3-5-12/h6-7,11-12H,2-5,8-10H2,1H3. The monoisotopic (exact) mass is 287 g/mol. The zero-order valence-corrected chi connectivity index (χ0v) is 12.4. The first-order valence-electron chi connectivity index (χ1n) is 7.70. The van der Waals surface area contributed by atoms with Gasteiger partial charge in [-0.2, -0.15) is 0 Å². The van der Waals surface area contributed by atoms with Crippen molar-refractivity contribution >= 4 is 17.6 Å². The van der Waals surface area contributed by atoms with Gasteiger partial charge in [-0.05, 0) is 48.9 Å². The minimum absolute atomic E-state index is 0.228. The summed E-state index contributed by atoms with van der Waals surface area (Å²) in [5.41, 5.74) is 2.59. The van der Waals surface area contributed by atoms with Crippen LogP contribution in [0.1, 0.15) is 48.0 Å². The van der Waals surface area contributed by atoms with E-state index in [4.69, 9.17) is 4.74 Å². The number of fused-ring (bicyclic) bond motifs is 1. The maximum Gasteiger partial charge on any atom is 0.337 e. The highest BCUT2D eigenvalue weighted by atomic mass is 16.5. The first kappa shape index (κ1) is 14.1. The van der Waals surface area contributed by atoms with E-state index in [9.17, 15) is 9.59 Å². The SMILES string of the molecule is COC(=O)c1ccc2c(c1)CCN2C(=O)CC1CCCC1. The first-order chi connectivity index (χ1) is 10.2. The van der Waals surface area contributed by atoms with Crippen molar-refractivity contribution in [3.63, 3.8) is 0 Å². The molecule has 4 nitrogen and oxygen atoms in total. The molecule has 1 aliphatic carbocycles. The summed E-state index contributed by atoms with van der Waals surface area (Å²) >= 11 is 0. The Morgan fingerprint density at radius 2 is 2.05 bits per heavy atom. The maximum atomic E-state index is 12.5. The predicted molar refractivity (Wildman–Crippen MR) is 80.4 cm³/mol. The third-order valence-corrected chi connectivity index (χ3v) is 4.64. The number of hydrogen-bond donors (Lipinski definition) is 0. The van der Waals surface area contributed by atoms with Gasteiger partial charge >= 0.3 is 5.97 Å². The number of carbonyl (C=O) groups excluding carboxylic acids is 2. The van der Waals surface area contributed by atoms with Gasteiger partial charge in [-0.1, -0.05) is 12.8 Å². The second kappa shape index (κ2) is 5.88. The second-order valence-corrected chi connectivity index (χ2v) is 5.99.